The number of aromatic nitrogens is 2. The molecule has 0 aliphatic carbocycles. The fourth-order valence-corrected chi connectivity index (χ4v) is 2.81. The largest absolute Gasteiger partial charge is 0.424 e. The first-order valence-electron chi connectivity index (χ1n) is 9.07. The summed E-state index contributed by atoms with van der Waals surface area (Å²) in [6.45, 7) is 3.13. The minimum atomic E-state index is -0.716. The van der Waals surface area contributed by atoms with E-state index in [0.29, 0.717) is 17.1 Å². The van der Waals surface area contributed by atoms with Crippen LogP contribution in [0.3, 0.4) is 0 Å². The van der Waals surface area contributed by atoms with Gasteiger partial charge in [-0.25, -0.2) is 14.8 Å². The molecular weight excluding hydrogens is 466 g/mol. The quantitative estimate of drug-likeness (QED) is 0.498. The van der Waals surface area contributed by atoms with Crippen molar-refractivity contribution in [3.63, 3.8) is 0 Å². The Kier molecular flexibility index (Phi) is 6.93. The third-order valence-corrected chi connectivity index (χ3v) is 4.35. The summed E-state index contributed by atoms with van der Waals surface area (Å²) >= 11 is 3.25. The molecule has 3 aromatic rings. The van der Waals surface area contributed by atoms with Crippen LogP contribution in [0.5, 0.6) is 11.8 Å². The lowest BCUT2D eigenvalue weighted by atomic mass is 10.1. The molecule has 10 heteroatoms. The standard InChI is InChI=1S/C21H18BrN5O4/c1-12-9-15(7-8-18(12)31-21-23-10-14(22)11-24-21)26-20(30)27-19(29)16-5-3-4-6-17(16)25-13(2)28/h3-11H,1-2H3,(H,25,28)(H2,26,27,29,30). The molecule has 1 heterocycles. The van der Waals surface area contributed by atoms with Crippen LogP contribution in [-0.4, -0.2) is 27.8 Å². The predicted molar refractivity (Wildman–Crippen MR) is 118 cm³/mol. The van der Waals surface area contributed by atoms with Crippen molar-refractivity contribution in [2.45, 2.75) is 13.8 Å². The van der Waals surface area contributed by atoms with Crippen LogP contribution < -0.4 is 20.7 Å². The number of imide groups is 1. The van der Waals surface area contributed by atoms with Gasteiger partial charge in [0, 0.05) is 25.0 Å². The first-order valence-corrected chi connectivity index (χ1v) is 9.86. The number of halogens is 1. The Bertz CT molecular complexity index is 1130. The smallest absolute Gasteiger partial charge is 0.326 e. The zero-order valence-electron chi connectivity index (χ0n) is 16.6. The summed E-state index contributed by atoms with van der Waals surface area (Å²) in [4.78, 5) is 44.1. The van der Waals surface area contributed by atoms with E-state index >= 15 is 0 Å². The van der Waals surface area contributed by atoms with Gasteiger partial charge in [0.1, 0.15) is 5.75 Å². The number of nitrogens with one attached hydrogen (secondary N) is 3. The van der Waals surface area contributed by atoms with E-state index in [1.807, 2.05) is 0 Å². The summed E-state index contributed by atoms with van der Waals surface area (Å²) in [5.74, 6) is -0.449. The summed E-state index contributed by atoms with van der Waals surface area (Å²) in [5, 5.41) is 7.39. The van der Waals surface area contributed by atoms with Crippen LogP contribution >= 0.6 is 15.9 Å². The molecule has 0 bridgehead atoms. The van der Waals surface area contributed by atoms with Crippen molar-refractivity contribution >= 4 is 45.2 Å². The van der Waals surface area contributed by atoms with Crippen molar-refractivity contribution in [3.8, 4) is 11.8 Å². The molecule has 2 aromatic carbocycles. The summed E-state index contributed by atoms with van der Waals surface area (Å²) in [5.41, 5.74) is 1.67. The minimum absolute atomic E-state index is 0.169. The number of ether oxygens (including phenoxy) is 1. The Morgan fingerprint density at radius 3 is 2.39 bits per heavy atom. The SMILES string of the molecule is CC(=O)Nc1ccccc1C(=O)NC(=O)Nc1ccc(Oc2ncc(Br)cn2)c(C)c1. The van der Waals surface area contributed by atoms with Crippen LogP contribution in [0.2, 0.25) is 0 Å². The number of carbonyl (C=O) groups excluding carboxylic acids is 3. The Labute approximate surface area is 186 Å². The monoisotopic (exact) mass is 483 g/mol. The molecule has 31 heavy (non-hydrogen) atoms. The summed E-state index contributed by atoms with van der Waals surface area (Å²) in [6, 6.07) is 10.8. The topological polar surface area (TPSA) is 122 Å². The lowest BCUT2D eigenvalue weighted by molar-refractivity contribution is -0.114. The fourth-order valence-electron chi connectivity index (χ4n) is 2.61. The first-order chi connectivity index (χ1) is 14.8. The molecule has 0 aliphatic rings. The van der Waals surface area contributed by atoms with Crippen molar-refractivity contribution in [1.29, 1.82) is 0 Å². The van der Waals surface area contributed by atoms with Gasteiger partial charge in [0.05, 0.1) is 15.7 Å². The lowest BCUT2D eigenvalue weighted by Crippen LogP contribution is -2.34. The van der Waals surface area contributed by atoms with Gasteiger partial charge in [0.15, 0.2) is 0 Å². The lowest BCUT2D eigenvalue weighted by Gasteiger charge is -2.12. The highest BCUT2D eigenvalue weighted by molar-refractivity contribution is 9.10. The Hall–Kier alpha value is -3.79. The number of hydrogen-bond acceptors (Lipinski definition) is 6. The maximum absolute atomic E-state index is 12.4. The molecule has 4 amide bonds. The number of nitrogens with zero attached hydrogens (tertiary/aromatic N) is 2. The molecule has 158 valence electrons. The van der Waals surface area contributed by atoms with E-state index in [1.54, 1.807) is 55.7 Å². The molecule has 1 aromatic heterocycles. The number of hydrogen-bond donors (Lipinski definition) is 3. The normalized spacial score (nSPS) is 10.2. The molecule has 0 saturated carbocycles. The van der Waals surface area contributed by atoms with E-state index in [4.69, 9.17) is 4.74 Å². The zero-order chi connectivity index (χ0) is 22.4. The second-order valence-corrected chi connectivity index (χ2v) is 7.32. The second-order valence-electron chi connectivity index (χ2n) is 6.40. The van der Waals surface area contributed by atoms with Crippen molar-refractivity contribution in [1.82, 2.24) is 15.3 Å². The van der Waals surface area contributed by atoms with Gasteiger partial charge in [-0.05, 0) is 58.7 Å². The van der Waals surface area contributed by atoms with Gasteiger partial charge >= 0.3 is 12.0 Å². The van der Waals surface area contributed by atoms with Gasteiger partial charge in [0.25, 0.3) is 5.91 Å². The number of amides is 4. The molecule has 9 nitrogen and oxygen atoms in total. The fraction of sp³-hybridized carbons (Fsp3) is 0.0952. The van der Waals surface area contributed by atoms with E-state index in [-0.39, 0.29) is 17.5 Å². The predicted octanol–water partition coefficient (Wildman–Crippen LogP) is 4.26. The number of carbonyl (C=O) groups is 3. The third-order valence-electron chi connectivity index (χ3n) is 3.94. The first kappa shape index (κ1) is 21.9. The van der Waals surface area contributed by atoms with E-state index in [9.17, 15) is 14.4 Å². The molecule has 0 radical (unpaired) electrons. The molecule has 0 unspecified atom stereocenters. The Balaban J connectivity index is 1.64. The van der Waals surface area contributed by atoms with Crippen LogP contribution in [0.4, 0.5) is 16.2 Å². The number of para-hydroxylation sites is 1. The van der Waals surface area contributed by atoms with E-state index in [1.165, 1.54) is 13.0 Å². The summed E-state index contributed by atoms with van der Waals surface area (Å²) < 4.78 is 6.36. The number of anilines is 2. The van der Waals surface area contributed by atoms with Gasteiger partial charge in [-0.15, -0.1) is 0 Å². The van der Waals surface area contributed by atoms with E-state index in [0.717, 1.165) is 10.0 Å². The molecule has 0 fully saturated rings. The minimum Gasteiger partial charge on any atom is -0.424 e. The van der Waals surface area contributed by atoms with Gasteiger partial charge in [-0.2, -0.15) is 0 Å². The van der Waals surface area contributed by atoms with Crippen LogP contribution in [0.15, 0.2) is 59.3 Å². The van der Waals surface area contributed by atoms with E-state index < -0.39 is 11.9 Å². The molecule has 3 N–H and O–H groups in total. The summed E-state index contributed by atoms with van der Waals surface area (Å²) in [6.07, 6.45) is 3.14. The highest BCUT2D eigenvalue weighted by Crippen LogP contribution is 2.25. The number of urea groups is 1. The average Bonchev–Trinajstić information content (AvgIpc) is 2.71. The molecular formula is C21H18BrN5O4. The second kappa shape index (κ2) is 9.81. The van der Waals surface area contributed by atoms with Crippen molar-refractivity contribution in [2.75, 3.05) is 10.6 Å². The van der Waals surface area contributed by atoms with Gasteiger partial charge in [0.2, 0.25) is 5.91 Å². The van der Waals surface area contributed by atoms with Crippen molar-refractivity contribution in [3.05, 3.63) is 70.5 Å². The summed E-state index contributed by atoms with van der Waals surface area (Å²) in [7, 11) is 0. The van der Waals surface area contributed by atoms with Crippen LogP contribution in [0.1, 0.15) is 22.8 Å². The molecule has 0 saturated heterocycles. The van der Waals surface area contributed by atoms with Crippen LogP contribution in [0, 0.1) is 6.92 Å². The van der Waals surface area contributed by atoms with Crippen molar-refractivity contribution in [2.24, 2.45) is 0 Å². The number of aryl methyl sites for hydroxylation is 1. The zero-order valence-corrected chi connectivity index (χ0v) is 18.2. The molecule has 0 aliphatic heterocycles. The Morgan fingerprint density at radius 1 is 1.00 bits per heavy atom. The highest BCUT2D eigenvalue weighted by Gasteiger charge is 2.15. The number of benzene rings is 2. The Morgan fingerprint density at radius 2 is 1.71 bits per heavy atom. The van der Waals surface area contributed by atoms with Crippen molar-refractivity contribution < 1.29 is 19.1 Å². The molecule has 0 spiro atoms. The maximum atomic E-state index is 12.4. The average molecular weight is 484 g/mol. The van der Waals surface area contributed by atoms with Crippen LogP contribution in [0.25, 0.3) is 0 Å². The van der Waals surface area contributed by atoms with Gasteiger partial charge < -0.3 is 15.4 Å². The number of rotatable bonds is 5. The molecule has 3 rings (SSSR count). The highest BCUT2D eigenvalue weighted by atomic mass is 79.9. The van der Waals surface area contributed by atoms with Gasteiger partial charge in [-0.3, -0.25) is 14.9 Å². The van der Waals surface area contributed by atoms with Crippen LogP contribution in [-0.2, 0) is 4.79 Å². The maximum Gasteiger partial charge on any atom is 0.326 e. The van der Waals surface area contributed by atoms with Gasteiger partial charge in [-0.1, -0.05) is 12.1 Å². The van der Waals surface area contributed by atoms with E-state index in [2.05, 4.69) is 41.8 Å². The molecule has 0 atom stereocenters. The third kappa shape index (κ3) is 6.09.